The number of carbonyl (C=O) groups is 1. The van der Waals surface area contributed by atoms with Gasteiger partial charge in [0.25, 0.3) is 0 Å². The lowest BCUT2D eigenvalue weighted by Crippen LogP contribution is -2.33. The van der Waals surface area contributed by atoms with Crippen LogP contribution in [0.2, 0.25) is 0 Å². The second-order valence-corrected chi connectivity index (χ2v) is 6.62. The van der Waals surface area contributed by atoms with Crippen LogP contribution < -0.4 is 15.5 Å². The highest BCUT2D eigenvalue weighted by atomic mass is 16.1. The summed E-state index contributed by atoms with van der Waals surface area (Å²) in [7, 11) is 0. The molecule has 0 unspecified atom stereocenters. The summed E-state index contributed by atoms with van der Waals surface area (Å²) < 4.78 is 0. The summed E-state index contributed by atoms with van der Waals surface area (Å²) in [5.41, 5.74) is 3.35. The summed E-state index contributed by atoms with van der Waals surface area (Å²) in [6.07, 6.45) is 3.79. The molecule has 1 amide bonds. The molecule has 1 atom stereocenters. The normalized spacial score (nSPS) is 15.5. The molecule has 25 heavy (non-hydrogen) atoms. The molecular formula is C21H27N3O. The van der Waals surface area contributed by atoms with E-state index in [1.54, 1.807) is 0 Å². The minimum absolute atomic E-state index is 0.00444. The molecule has 3 rings (SSSR count). The number of carbonyl (C=O) groups excluding carboxylic acids is 1. The highest BCUT2D eigenvalue weighted by Gasteiger charge is 2.15. The highest BCUT2D eigenvalue weighted by Crippen LogP contribution is 2.28. The molecule has 1 fully saturated rings. The molecule has 2 N–H and O–H groups in total. The lowest BCUT2D eigenvalue weighted by Gasteiger charge is -2.30. The van der Waals surface area contributed by atoms with Crippen LogP contribution in [0.15, 0.2) is 54.6 Å². The lowest BCUT2D eigenvalue weighted by molar-refractivity contribution is -0.120. The number of hydrogen-bond donors (Lipinski definition) is 2. The van der Waals surface area contributed by atoms with Gasteiger partial charge in [-0.1, -0.05) is 42.5 Å². The predicted molar refractivity (Wildman–Crippen MR) is 104 cm³/mol. The molecular weight excluding hydrogens is 310 g/mol. The zero-order valence-electron chi connectivity index (χ0n) is 14.9. The number of hydrogen-bond acceptors (Lipinski definition) is 3. The summed E-state index contributed by atoms with van der Waals surface area (Å²) in [6, 6.07) is 18.3. The van der Waals surface area contributed by atoms with Crippen LogP contribution in [0.3, 0.4) is 0 Å². The van der Waals surface area contributed by atoms with E-state index >= 15 is 0 Å². The van der Waals surface area contributed by atoms with E-state index in [1.807, 2.05) is 43.3 Å². The van der Waals surface area contributed by atoms with Gasteiger partial charge >= 0.3 is 0 Å². The molecule has 0 bridgehead atoms. The number of anilines is 2. The van der Waals surface area contributed by atoms with Gasteiger partial charge in [0.1, 0.15) is 0 Å². The van der Waals surface area contributed by atoms with Gasteiger partial charge in [0.15, 0.2) is 0 Å². The van der Waals surface area contributed by atoms with Crippen molar-refractivity contribution < 1.29 is 4.79 Å². The van der Waals surface area contributed by atoms with Crippen LogP contribution in [0, 0.1) is 0 Å². The van der Waals surface area contributed by atoms with Gasteiger partial charge in [-0.15, -0.1) is 0 Å². The second kappa shape index (κ2) is 8.56. The maximum atomic E-state index is 12.3. The van der Waals surface area contributed by atoms with E-state index in [2.05, 4.69) is 33.7 Å². The maximum Gasteiger partial charge on any atom is 0.239 e. The van der Waals surface area contributed by atoms with E-state index in [0.29, 0.717) is 0 Å². The third-order valence-electron chi connectivity index (χ3n) is 4.72. The topological polar surface area (TPSA) is 44.4 Å². The Labute approximate surface area is 150 Å². The Morgan fingerprint density at radius 2 is 1.68 bits per heavy atom. The van der Waals surface area contributed by atoms with E-state index in [9.17, 15) is 4.79 Å². The van der Waals surface area contributed by atoms with Gasteiger partial charge in [-0.2, -0.15) is 0 Å². The van der Waals surface area contributed by atoms with Crippen molar-refractivity contribution in [2.75, 3.05) is 29.9 Å². The predicted octanol–water partition coefficient (Wildman–Crippen LogP) is 3.97. The molecule has 0 aliphatic carbocycles. The third-order valence-corrected chi connectivity index (χ3v) is 4.72. The lowest BCUT2D eigenvalue weighted by atomic mass is 10.1. The van der Waals surface area contributed by atoms with Crippen molar-refractivity contribution in [3.05, 3.63) is 60.2 Å². The summed E-state index contributed by atoms with van der Waals surface area (Å²) in [4.78, 5) is 14.7. The van der Waals surface area contributed by atoms with E-state index in [1.165, 1.54) is 24.9 Å². The Morgan fingerprint density at radius 1 is 1.00 bits per heavy atom. The first-order valence-corrected chi connectivity index (χ1v) is 9.16. The smallest absolute Gasteiger partial charge is 0.239 e. The van der Waals surface area contributed by atoms with Crippen LogP contribution in [0.1, 0.15) is 37.8 Å². The minimum atomic E-state index is 0.00444. The van der Waals surface area contributed by atoms with Gasteiger partial charge in [0.2, 0.25) is 5.91 Å². The molecule has 1 aliphatic rings. The number of rotatable bonds is 6. The van der Waals surface area contributed by atoms with Gasteiger partial charge in [0, 0.05) is 13.1 Å². The highest BCUT2D eigenvalue weighted by molar-refractivity contribution is 5.83. The van der Waals surface area contributed by atoms with Crippen molar-refractivity contribution in [1.29, 1.82) is 0 Å². The van der Waals surface area contributed by atoms with Crippen LogP contribution in [0.25, 0.3) is 0 Å². The summed E-state index contributed by atoms with van der Waals surface area (Å²) in [6.45, 7) is 4.47. The molecule has 0 spiro atoms. The fourth-order valence-electron chi connectivity index (χ4n) is 3.33. The van der Waals surface area contributed by atoms with Crippen LogP contribution >= 0.6 is 0 Å². The summed E-state index contributed by atoms with van der Waals surface area (Å²) >= 11 is 0. The number of nitrogens with one attached hydrogen (secondary N) is 2. The molecule has 0 saturated carbocycles. The molecule has 2 aromatic carbocycles. The zero-order valence-corrected chi connectivity index (χ0v) is 14.9. The standard InChI is InChI=1S/C21H27N3O/c1-17(18-10-4-2-5-11-18)23-21(25)16-22-19-12-6-7-13-20(19)24-14-8-3-9-15-24/h2,4-7,10-13,17,22H,3,8-9,14-16H2,1H3,(H,23,25)/t17-/m0/s1. The first-order chi connectivity index (χ1) is 12.2. The SMILES string of the molecule is C[C@H](NC(=O)CNc1ccccc1N1CCCCC1)c1ccccc1. The Kier molecular flexibility index (Phi) is 5.94. The maximum absolute atomic E-state index is 12.3. The molecule has 4 heteroatoms. The van der Waals surface area contributed by atoms with Crippen molar-refractivity contribution in [2.24, 2.45) is 0 Å². The van der Waals surface area contributed by atoms with E-state index in [4.69, 9.17) is 0 Å². The Balaban J connectivity index is 1.57. The molecule has 1 aliphatic heterocycles. The van der Waals surface area contributed by atoms with Crippen molar-refractivity contribution in [3.63, 3.8) is 0 Å². The monoisotopic (exact) mass is 337 g/mol. The average molecular weight is 337 g/mol. The van der Waals surface area contributed by atoms with Crippen LogP contribution in [-0.2, 0) is 4.79 Å². The number of amides is 1. The summed E-state index contributed by atoms with van der Waals surface area (Å²) in [5, 5.41) is 6.36. The fraction of sp³-hybridized carbons (Fsp3) is 0.381. The van der Waals surface area contributed by atoms with Crippen molar-refractivity contribution >= 4 is 17.3 Å². The molecule has 2 aromatic rings. The molecule has 0 radical (unpaired) electrons. The summed E-state index contributed by atoms with van der Waals surface area (Å²) in [5.74, 6) is 0.00444. The number of para-hydroxylation sites is 2. The number of benzene rings is 2. The Hall–Kier alpha value is -2.49. The van der Waals surface area contributed by atoms with Gasteiger partial charge in [-0.3, -0.25) is 4.79 Å². The van der Waals surface area contributed by atoms with Crippen LogP contribution in [0.4, 0.5) is 11.4 Å². The van der Waals surface area contributed by atoms with E-state index < -0.39 is 0 Å². The van der Waals surface area contributed by atoms with Crippen LogP contribution in [0.5, 0.6) is 0 Å². The molecule has 132 valence electrons. The first kappa shape index (κ1) is 17.3. The molecule has 1 heterocycles. The largest absolute Gasteiger partial charge is 0.374 e. The van der Waals surface area contributed by atoms with Gasteiger partial charge in [0.05, 0.1) is 24.0 Å². The Morgan fingerprint density at radius 3 is 2.44 bits per heavy atom. The Bertz CT molecular complexity index is 681. The van der Waals surface area contributed by atoms with Gasteiger partial charge in [-0.05, 0) is 43.9 Å². The number of nitrogens with zero attached hydrogens (tertiary/aromatic N) is 1. The first-order valence-electron chi connectivity index (χ1n) is 9.16. The van der Waals surface area contributed by atoms with Crippen LogP contribution in [-0.4, -0.2) is 25.5 Å². The molecule has 4 nitrogen and oxygen atoms in total. The second-order valence-electron chi connectivity index (χ2n) is 6.62. The van der Waals surface area contributed by atoms with Gasteiger partial charge in [-0.25, -0.2) is 0 Å². The molecule has 0 aromatic heterocycles. The number of piperidine rings is 1. The zero-order chi connectivity index (χ0) is 17.5. The van der Waals surface area contributed by atoms with E-state index in [0.717, 1.165) is 24.3 Å². The quantitative estimate of drug-likeness (QED) is 0.838. The van der Waals surface area contributed by atoms with Crippen molar-refractivity contribution in [3.8, 4) is 0 Å². The average Bonchev–Trinajstić information content (AvgIpc) is 2.68. The van der Waals surface area contributed by atoms with Crippen molar-refractivity contribution in [2.45, 2.75) is 32.2 Å². The van der Waals surface area contributed by atoms with E-state index in [-0.39, 0.29) is 18.5 Å². The van der Waals surface area contributed by atoms with Crippen molar-refractivity contribution in [1.82, 2.24) is 5.32 Å². The third kappa shape index (κ3) is 4.75. The van der Waals surface area contributed by atoms with Gasteiger partial charge < -0.3 is 15.5 Å². The molecule has 1 saturated heterocycles. The minimum Gasteiger partial charge on any atom is -0.374 e. The fourth-order valence-corrected chi connectivity index (χ4v) is 3.33.